The minimum atomic E-state index is -0.963. The molecule has 0 bridgehead atoms. The fraction of sp³-hybridized carbons (Fsp3) is 0.286. The molecule has 11 heteroatoms. The lowest BCUT2D eigenvalue weighted by Gasteiger charge is -2.16. The van der Waals surface area contributed by atoms with Crippen molar-refractivity contribution < 1.29 is 19.0 Å². The summed E-state index contributed by atoms with van der Waals surface area (Å²) in [5.41, 5.74) is -0.806. The Morgan fingerprint density at radius 1 is 1.22 bits per heavy atom. The van der Waals surface area contributed by atoms with E-state index in [1.165, 1.54) is 16.2 Å². The van der Waals surface area contributed by atoms with E-state index < -0.39 is 17.4 Å². The van der Waals surface area contributed by atoms with Gasteiger partial charge in [0, 0.05) is 7.05 Å². The Balaban J connectivity index is 1.58. The molecule has 0 aliphatic rings. The van der Waals surface area contributed by atoms with Gasteiger partial charge in [-0.05, 0) is 36.4 Å². The van der Waals surface area contributed by atoms with Gasteiger partial charge in [0.25, 0.3) is 5.56 Å². The highest BCUT2D eigenvalue weighted by atomic mass is 16.5. The Hall–Kier alpha value is -3.99. The summed E-state index contributed by atoms with van der Waals surface area (Å²) in [4.78, 5) is 31.2. The van der Waals surface area contributed by atoms with Gasteiger partial charge in [-0.1, -0.05) is 0 Å². The minimum Gasteiger partial charge on any atom is -0.497 e. The van der Waals surface area contributed by atoms with Crippen molar-refractivity contribution in [3.8, 4) is 11.5 Å². The predicted molar refractivity (Wildman–Crippen MR) is 116 cm³/mol. The van der Waals surface area contributed by atoms with Crippen LogP contribution in [-0.4, -0.2) is 44.0 Å². The first-order valence-electron chi connectivity index (χ1n) is 9.87. The number of aryl methyl sites for hydroxylation is 1. The first kappa shape index (κ1) is 21.2. The lowest BCUT2D eigenvalue weighted by molar-refractivity contribution is 0.0938. The van der Waals surface area contributed by atoms with Crippen LogP contribution in [-0.2, 0) is 20.1 Å². The van der Waals surface area contributed by atoms with E-state index in [0.717, 1.165) is 0 Å². The van der Waals surface area contributed by atoms with E-state index in [9.17, 15) is 14.7 Å². The zero-order valence-corrected chi connectivity index (χ0v) is 17.6. The molecule has 32 heavy (non-hydrogen) atoms. The van der Waals surface area contributed by atoms with Crippen molar-refractivity contribution in [2.45, 2.75) is 19.2 Å². The molecule has 0 fully saturated rings. The summed E-state index contributed by atoms with van der Waals surface area (Å²) in [6.07, 6.45) is 0.588. The van der Waals surface area contributed by atoms with Crippen LogP contribution < -0.4 is 26.0 Å². The standard InChI is InChI=1S/C21H23N5O6/c1-25-18-17(19(28)24-21(25)29)26(20(23-18)22-10-16-4-3-9-31-16)11-13(27)12-32-15-7-5-14(30-2)6-8-15/h3-9,13,27H,10-12H2,1-2H3,(H,22,23)(H,24,28,29)/t13-/m1/s1. The first-order valence-corrected chi connectivity index (χ1v) is 9.87. The predicted octanol–water partition coefficient (Wildman–Crippen LogP) is 1.08. The molecule has 0 aliphatic carbocycles. The summed E-state index contributed by atoms with van der Waals surface area (Å²) >= 11 is 0. The average molecular weight is 441 g/mol. The van der Waals surface area contributed by atoms with Crippen molar-refractivity contribution in [2.75, 3.05) is 19.0 Å². The molecule has 3 N–H and O–H groups in total. The molecule has 0 saturated heterocycles. The molecule has 3 heterocycles. The molecule has 3 aromatic heterocycles. The van der Waals surface area contributed by atoms with Gasteiger partial charge in [0.15, 0.2) is 11.2 Å². The fourth-order valence-electron chi connectivity index (χ4n) is 3.25. The van der Waals surface area contributed by atoms with Crippen LogP contribution in [0, 0.1) is 0 Å². The third-order valence-corrected chi connectivity index (χ3v) is 4.90. The monoisotopic (exact) mass is 441 g/mol. The highest BCUT2D eigenvalue weighted by Gasteiger charge is 2.20. The Bertz CT molecular complexity index is 1300. The summed E-state index contributed by atoms with van der Waals surface area (Å²) in [5.74, 6) is 2.23. The molecule has 1 atom stereocenters. The maximum atomic E-state index is 12.5. The smallest absolute Gasteiger partial charge is 0.329 e. The van der Waals surface area contributed by atoms with E-state index in [0.29, 0.717) is 29.8 Å². The molecule has 0 saturated carbocycles. The number of anilines is 1. The normalized spacial score (nSPS) is 12.1. The van der Waals surface area contributed by atoms with E-state index in [1.807, 2.05) is 0 Å². The average Bonchev–Trinajstić information content (AvgIpc) is 3.43. The van der Waals surface area contributed by atoms with E-state index in [1.54, 1.807) is 49.8 Å². The molecule has 0 amide bonds. The van der Waals surface area contributed by atoms with Gasteiger partial charge in [0.1, 0.15) is 30.0 Å². The maximum Gasteiger partial charge on any atom is 0.329 e. The number of ether oxygens (including phenoxy) is 2. The van der Waals surface area contributed by atoms with Crippen LogP contribution in [0.15, 0.2) is 56.7 Å². The van der Waals surface area contributed by atoms with Crippen molar-refractivity contribution >= 4 is 17.1 Å². The van der Waals surface area contributed by atoms with Gasteiger partial charge >= 0.3 is 5.69 Å². The van der Waals surface area contributed by atoms with Gasteiger partial charge in [0.05, 0.1) is 26.5 Å². The van der Waals surface area contributed by atoms with Crippen molar-refractivity contribution in [3.63, 3.8) is 0 Å². The number of aromatic amines is 1. The number of methoxy groups -OCH3 is 1. The maximum absolute atomic E-state index is 12.5. The Morgan fingerprint density at radius 3 is 2.66 bits per heavy atom. The summed E-state index contributed by atoms with van der Waals surface area (Å²) in [6.45, 7) is 0.294. The third-order valence-electron chi connectivity index (χ3n) is 4.90. The molecule has 4 rings (SSSR count). The molecule has 0 spiro atoms. The number of aliphatic hydroxyl groups is 1. The number of furan rings is 1. The number of hydrogen-bond donors (Lipinski definition) is 3. The first-order chi connectivity index (χ1) is 15.5. The van der Waals surface area contributed by atoms with Crippen molar-refractivity contribution in [1.82, 2.24) is 19.1 Å². The number of imidazole rings is 1. The second kappa shape index (κ2) is 9.02. The second-order valence-electron chi connectivity index (χ2n) is 7.11. The van der Waals surface area contributed by atoms with Crippen molar-refractivity contribution in [2.24, 2.45) is 7.05 Å². The zero-order chi connectivity index (χ0) is 22.7. The lowest BCUT2D eigenvalue weighted by Crippen LogP contribution is -2.30. The van der Waals surface area contributed by atoms with Crippen LogP contribution in [0.25, 0.3) is 11.2 Å². The number of fused-ring (bicyclic) bond motifs is 1. The number of aromatic nitrogens is 4. The molecule has 168 valence electrons. The van der Waals surface area contributed by atoms with Gasteiger partial charge in [-0.3, -0.25) is 14.3 Å². The molecule has 0 unspecified atom stereocenters. The van der Waals surface area contributed by atoms with E-state index >= 15 is 0 Å². The van der Waals surface area contributed by atoms with Gasteiger partial charge < -0.3 is 28.9 Å². The van der Waals surface area contributed by atoms with E-state index in [-0.39, 0.29) is 24.3 Å². The van der Waals surface area contributed by atoms with Gasteiger partial charge in [-0.2, -0.15) is 4.98 Å². The minimum absolute atomic E-state index is 0.00836. The molecular weight excluding hydrogens is 418 g/mol. The number of aliphatic hydroxyl groups excluding tert-OH is 1. The Kier molecular flexibility index (Phi) is 5.99. The highest BCUT2D eigenvalue weighted by molar-refractivity contribution is 5.74. The quantitative estimate of drug-likeness (QED) is 0.351. The number of nitrogens with zero attached hydrogens (tertiary/aromatic N) is 3. The zero-order valence-electron chi connectivity index (χ0n) is 17.6. The summed E-state index contributed by atoms with van der Waals surface area (Å²) in [6, 6.07) is 10.5. The second-order valence-corrected chi connectivity index (χ2v) is 7.11. The Morgan fingerprint density at radius 2 is 1.97 bits per heavy atom. The number of hydrogen-bond acceptors (Lipinski definition) is 8. The van der Waals surface area contributed by atoms with Gasteiger partial charge in [-0.15, -0.1) is 0 Å². The van der Waals surface area contributed by atoms with E-state index in [2.05, 4.69) is 15.3 Å². The number of rotatable bonds is 9. The van der Waals surface area contributed by atoms with Crippen LogP contribution in [0.2, 0.25) is 0 Å². The van der Waals surface area contributed by atoms with Crippen LogP contribution in [0.3, 0.4) is 0 Å². The third kappa shape index (κ3) is 4.37. The summed E-state index contributed by atoms with van der Waals surface area (Å²) in [5, 5.41) is 13.7. The molecular formula is C21H23N5O6. The molecule has 1 aromatic carbocycles. The molecule has 0 radical (unpaired) electrons. The van der Waals surface area contributed by atoms with Crippen LogP contribution >= 0.6 is 0 Å². The molecule has 11 nitrogen and oxygen atoms in total. The van der Waals surface area contributed by atoms with E-state index in [4.69, 9.17) is 13.9 Å². The molecule has 0 aliphatic heterocycles. The van der Waals surface area contributed by atoms with Gasteiger partial charge in [-0.25, -0.2) is 4.79 Å². The number of nitrogens with one attached hydrogen (secondary N) is 2. The fourth-order valence-corrected chi connectivity index (χ4v) is 3.25. The number of H-pyrrole nitrogens is 1. The van der Waals surface area contributed by atoms with Crippen LogP contribution in [0.4, 0.5) is 5.95 Å². The largest absolute Gasteiger partial charge is 0.497 e. The highest BCUT2D eigenvalue weighted by Crippen LogP contribution is 2.19. The number of benzene rings is 1. The van der Waals surface area contributed by atoms with Crippen molar-refractivity contribution in [3.05, 3.63) is 69.3 Å². The van der Waals surface area contributed by atoms with Crippen molar-refractivity contribution in [1.29, 1.82) is 0 Å². The summed E-state index contributed by atoms with van der Waals surface area (Å²) < 4.78 is 18.8. The molecule has 4 aromatic rings. The lowest BCUT2D eigenvalue weighted by atomic mass is 10.3. The summed E-state index contributed by atoms with van der Waals surface area (Å²) in [7, 11) is 3.08. The topological polar surface area (TPSA) is 137 Å². The van der Waals surface area contributed by atoms with Crippen LogP contribution in [0.1, 0.15) is 5.76 Å². The van der Waals surface area contributed by atoms with Gasteiger partial charge in [0.2, 0.25) is 5.95 Å². The SMILES string of the molecule is COc1ccc(OC[C@H](O)Cn2c(NCc3ccco3)nc3c2c(=O)[nH]c(=O)n3C)cc1. The Labute approximate surface area is 181 Å². The van der Waals surface area contributed by atoms with Crippen LogP contribution in [0.5, 0.6) is 11.5 Å².